The van der Waals surface area contributed by atoms with Gasteiger partial charge in [0.15, 0.2) is 0 Å². The maximum Gasteiger partial charge on any atom is 0.333 e. The molecule has 0 spiro atoms. The number of carbonyl (C=O) groups excluding carboxylic acids is 1. The average Bonchev–Trinajstić information content (AvgIpc) is 2.71. The molecule has 6 heteroatoms. The summed E-state index contributed by atoms with van der Waals surface area (Å²) in [6.07, 6.45) is 3.18. The Labute approximate surface area is 121 Å². The van der Waals surface area contributed by atoms with Crippen LogP contribution < -0.4 is 11.0 Å². The van der Waals surface area contributed by atoms with Gasteiger partial charge < -0.3 is 5.32 Å². The zero-order chi connectivity index (χ0) is 14.7. The Morgan fingerprint density at radius 2 is 2.00 bits per heavy atom. The number of imidazole rings is 1. The molecule has 0 unspecified atom stereocenters. The monoisotopic (exact) mass is 293 g/mol. The van der Waals surface area contributed by atoms with Crippen LogP contribution in [0.4, 0.5) is 0 Å². The first-order valence-electron chi connectivity index (χ1n) is 6.31. The molecule has 1 aromatic heterocycles. The van der Waals surface area contributed by atoms with E-state index in [2.05, 4.69) is 5.32 Å². The Morgan fingerprint density at radius 3 is 2.65 bits per heavy atom. The molecule has 0 saturated carbocycles. The van der Waals surface area contributed by atoms with Gasteiger partial charge in [-0.1, -0.05) is 23.7 Å². The van der Waals surface area contributed by atoms with Crippen LogP contribution >= 0.6 is 11.6 Å². The summed E-state index contributed by atoms with van der Waals surface area (Å²) in [5.41, 5.74) is 0.305. The third-order valence-corrected chi connectivity index (χ3v) is 3.04. The van der Waals surface area contributed by atoms with E-state index in [1.165, 1.54) is 9.13 Å². The fraction of sp³-hybridized carbons (Fsp3) is 0.286. The molecule has 1 amide bonds. The lowest BCUT2D eigenvalue weighted by molar-refractivity contribution is -0.122. The second-order valence-electron chi connectivity index (χ2n) is 4.75. The van der Waals surface area contributed by atoms with Gasteiger partial charge in [-0.25, -0.2) is 4.79 Å². The number of carbonyl (C=O) groups is 1. The van der Waals surface area contributed by atoms with Crippen molar-refractivity contribution in [3.63, 3.8) is 0 Å². The van der Waals surface area contributed by atoms with Crippen LogP contribution in [0.15, 0.2) is 41.5 Å². The molecule has 1 heterocycles. The molecule has 0 bridgehead atoms. The van der Waals surface area contributed by atoms with Crippen molar-refractivity contribution in [3.8, 4) is 5.69 Å². The van der Waals surface area contributed by atoms with Gasteiger partial charge in [0.05, 0.1) is 10.7 Å². The Hall–Kier alpha value is -2.01. The highest BCUT2D eigenvalue weighted by Gasteiger charge is 2.11. The Bertz CT molecular complexity index is 673. The highest BCUT2D eigenvalue weighted by molar-refractivity contribution is 6.32. The molecule has 2 aromatic rings. The molecule has 0 atom stereocenters. The van der Waals surface area contributed by atoms with Crippen LogP contribution in [-0.4, -0.2) is 21.1 Å². The number of hydrogen-bond acceptors (Lipinski definition) is 2. The standard InChI is InChI=1S/C14H16ClN3O2/c1-10(2)16-13(19)9-17-7-8-18(14(17)20)12-6-4-3-5-11(12)15/h3-8,10H,9H2,1-2H3,(H,16,19). The van der Waals surface area contributed by atoms with E-state index >= 15 is 0 Å². The number of hydrogen-bond donors (Lipinski definition) is 1. The van der Waals surface area contributed by atoms with E-state index in [1.54, 1.807) is 36.7 Å². The van der Waals surface area contributed by atoms with Crippen molar-refractivity contribution in [3.05, 3.63) is 52.2 Å². The normalized spacial score (nSPS) is 10.8. The van der Waals surface area contributed by atoms with E-state index in [1.807, 2.05) is 13.8 Å². The molecule has 0 aliphatic rings. The predicted octanol–water partition coefficient (Wildman–Crippen LogP) is 1.82. The van der Waals surface area contributed by atoms with Gasteiger partial charge in [-0.3, -0.25) is 13.9 Å². The summed E-state index contributed by atoms with van der Waals surface area (Å²) in [6.45, 7) is 3.74. The fourth-order valence-corrected chi connectivity index (χ4v) is 2.11. The van der Waals surface area contributed by atoms with Gasteiger partial charge in [0, 0.05) is 18.4 Å². The lowest BCUT2D eigenvalue weighted by Gasteiger charge is -2.08. The quantitative estimate of drug-likeness (QED) is 0.935. The van der Waals surface area contributed by atoms with Crippen molar-refractivity contribution in [2.45, 2.75) is 26.4 Å². The van der Waals surface area contributed by atoms with Gasteiger partial charge in [-0.15, -0.1) is 0 Å². The van der Waals surface area contributed by atoms with Crippen LogP contribution in [0.5, 0.6) is 0 Å². The zero-order valence-corrected chi connectivity index (χ0v) is 12.1. The first kappa shape index (κ1) is 14.4. The molecule has 106 valence electrons. The zero-order valence-electron chi connectivity index (χ0n) is 11.3. The SMILES string of the molecule is CC(C)NC(=O)Cn1ccn(-c2ccccc2Cl)c1=O. The predicted molar refractivity (Wildman–Crippen MR) is 78.3 cm³/mol. The maximum absolute atomic E-state index is 12.2. The van der Waals surface area contributed by atoms with Gasteiger partial charge in [-0.2, -0.15) is 0 Å². The van der Waals surface area contributed by atoms with Crippen molar-refractivity contribution in [1.82, 2.24) is 14.5 Å². The first-order valence-corrected chi connectivity index (χ1v) is 6.69. The molecule has 0 saturated heterocycles. The van der Waals surface area contributed by atoms with Crippen LogP contribution in [0, 0.1) is 0 Å². The first-order chi connectivity index (χ1) is 9.49. The summed E-state index contributed by atoms with van der Waals surface area (Å²) in [5.74, 6) is -0.195. The van der Waals surface area contributed by atoms with Crippen LogP contribution in [0.25, 0.3) is 5.69 Å². The number of aromatic nitrogens is 2. The minimum atomic E-state index is -0.294. The largest absolute Gasteiger partial charge is 0.352 e. The minimum absolute atomic E-state index is 0.00549. The number of amides is 1. The average molecular weight is 294 g/mol. The Morgan fingerprint density at radius 1 is 1.30 bits per heavy atom. The molecule has 5 nitrogen and oxygen atoms in total. The van der Waals surface area contributed by atoms with Crippen LogP contribution in [0.2, 0.25) is 5.02 Å². The van der Waals surface area contributed by atoms with E-state index in [4.69, 9.17) is 11.6 Å². The smallest absolute Gasteiger partial charge is 0.333 e. The van der Waals surface area contributed by atoms with E-state index in [0.717, 1.165) is 0 Å². The van der Waals surface area contributed by atoms with Crippen molar-refractivity contribution in [1.29, 1.82) is 0 Å². The number of nitrogens with zero attached hydrogens (tertiary/aromatic N) is 2. The molecule has 0 aliphatic heterocycles. The highest BCUT2D eigenvalue weighted by Crippen LogP contribution is 2.17. The lowest BCUT2D eigenvalue weighted by atomic mass is 10.3. The lowest BCUT2D eigenvalue weighted by Crippen LogP contribution is -2.36. The van der Waals surface area contributed by atoms with Crippen LogP contribution in [0.3, 0.4) is 0 Å². The van der Waals surface area contributed by atoms with Crippen molar-refractivity contribution in [2.75, 3.05) is 0 Å². The van der Waals surface area contributed by atoms with Gasteiger partial charge in [0.1, 0.15) is 6.54 Å². The summed E-state index contributed by atoms with van der Waals surface area (Å²) in [7, 11) is 0. The van der Waals surface area contributed by atoms with Crippen molar-refractivity contribution < 1.29 is 4.79 Å². The molecular formula is C14H16ClN3O2. The summed E-state index contributed by atoms with van der Waals surface area (Å²) < 4.78 is 2.77. The van der Waals surface area contributed by atoms with Gasteiger partial charge in [0.2, 0.25) is 5.91 Å². The number of benzene rings is 1. The van der Waals surface area contributed by atoms with Crippen molar-refractivity contribution in [2.24, 2.45) is 0 Å². The molecule has 1 aromatic carbocycles. The summed E-state index contributed by atoms with van der Waals surface area (Å²) in [5, 5.41) is 3.23. The topological polar surface area (TPSA) is 56.0 Å². The maximum atomic E-state index is 12.2. The molecule has 0 aliphatic carbocycles. The van der Waals surface area contributed by atoms with Crippen molar-refractivity contribution >= 4 is 17.5 Å². The van der Waals surface area contributed by atoms with Gasteiger partial charge >= 0.3 is 5.69 Å². The molecule has 1 N–H and O–H groups in total. The molecular weight excluding hydrogens is 278 g/mol. The number of para-hydroxylation sites is 1. The second kappa shape index (κ2) is 5.96. The van der Waals surface area contributed by atoms with E-state index < -0.39 is 0 Å². The number of nitrogens with one attached hydrogen (secondary N) is 1. The highest BCUT2D eigenvalue weighted by atomic mass is 35.5. The number of rotatable bonds is 4. The number of halogens is 1. The van der Waals surface area contributed by atoms with E-state index in [9.17, 15) is 9.59 Å². The molecule has 2 rings (SSSR count). The Kier molecular flexibility index (Phi) is 4.29. The van der Waals surface area contributed by atoms with Gasteiger partial charge in [0.25, 0.3) is 0 Å². The van der Waals surface area contributed by atoms with Crippen LogP contribution in [0.1, 0.15) is 13.8 Å². The summed E-state index contributed by atoms with van der Waals surface area (Å²) >= 11 is 6.07. The van der Waals surface area contributed by atoms with Gasteiger partial charge in [-0.05, 0) is 26.0 Å². The third-order valence-electron chi connectivity index (χ3n) is 2.72. The molecule has 0 radical (unpaired) electrons. The van der Waals surface area contributed by atoms with E-state index in [-0.39, 0.29) is 24.2 Å². The molecule has 0 fully saturated rings. The minimum Gasteiger partial charge on any atom is -0.352 e. The van der Waals surface area contributed by atoms with Crippen LogP contribution in [-0.2, 0) is 11.3 Å². The summed E-state index contributed by atoms with van der Waals surface area (Å²) in [4.78, 5) is 23.9. The third kappa shape index (κ3) is 3.11. The van der Waals surface area contributed by atoms with E-state index in [0.29, 0.717) is 10.7 Å². The summed E-state index contributed by atoms with van der Waals surface area (Å²) in [6, 6.07) is 7.11. The fourth-order valence-electron chi connectivity index (χ4n) is 1.89. The Balaban J connectivity index is 2.26. The second-order valence-corrected chi connectivity index (χ2v) is 5.16. The molecule has 20 heavy (non-hydrogen) atoms.